The van der Waals surface area contributed by atoms with Crippen LogP contribution in [0.4, 0.5) is 0 Å². The van der Waals surface area contributed by atoms with Crippen molar-refractivity contribution in [3.63, 3.8) is 0 Å². The molecule has 0 unspecified atom stereocenters. The first-order chi connectivity index (χ1) is 6.68. The first-order valence-corrected chi connectivity index (χ1v) is 5.49. The summed E-state index contributed by atoms with van der Waals surface area (Å²) in [6.45, 7) is 4.22. The molecule has 0 aromatic heterocycles. The summed E-state index contributed by atoms with van der Waals surface area (Å²) >= 11 is 0. The van der Waals surface area contributed by atoms with E-state index < -0.39 is 5.60 Å². The molecule has 0 fully saturated rings. The Hall–Kier alpha value is -0.820. The molecule has 14 heavy (non-hydrogen) atoms. The maximum Gasteiger partial charge on any atom is 0.0922 e. The van der Waals surface area contributed by atoms with Gasteiger partial charge in [0, 0.05) is 0 Å². The molecule has 2 rings (SSSR count). The van der Waals surface area contributed by atoms with Crippen LogP contribution in [0, 0.1) is 5.92 Å². The Morgan fingerprint density at radius 2 is 2.14 bits per heavy atom. The van der Waals surface area contributed by atoms with Crippen LogP contribution >= 0.6 is 0 Å². The van der Waals surface area contributed by atoms with Crippen LogP contribution in [-0.2, 0) is 12.0 Å². The minimum absolute atomic E-state index is 0.377. The molecule has 0 saturated heterocycles. The molecule has 0 saturated carbocycles. The van der Waals surface area contributed by atoms with E-state index in [1.165, 1.54) is 5.56 Å². The van der Waals surface area contributed by atoms with Gasteiger partial charge in [-0.1, -0.05) is 38.1 Å². The molecule has 0 bridgehead atoms. The predicted molar refractivity (Wildman–Crippen MR) is 58.1 cm³/mol. The molecule has 0 amide bonds. The second kappa shape index (κ2) is 3.39. The number of benzene rings is 1. The molecule has 76 valence electrons. The van der Waals surface area contributed by atoms with Crippen molar-refractivity contribution in [1.29, 1.82) is 0 Å². The summed E-state index contributed by atoms with van der Waals surface area (Å²) in [5.74, 6) is 0.377. The lowest BCUT2D eigenvalue weighted by Gasteiger charge is -2.39. The zero-order valence-corrected chi connectivity index (χ0v) is 8.96. The average molecular weight is 190 g/mol. The molecule has 1 aromatic carbocycles. The number of aliphatic hydroxyl groups is 1. The summed E-state index contributed by atoms with van der Waals surface area (Å²) in [5.41, 5.74) is 1.89. The highest BCUT2D eigenvalue weighted by Crippen LogP contribution is 2.41. The van der Waals surface area contributed by atoms with Crippen LogP contribution in [0.25, 0.3) is 0 Å². The lowest BCUT2D eigenvalue weighted by atomic mass is 9.71. The van der Waals surface area contributed by atoms with Crippen LogP contribution in [0.1, 0.15) is 37.8 Å². The van der Waals surface area contributed by atoms with E-state index in [4.69, 9.17) is 0 Å². The maximum atomic E-state index is 10.6. The van der Waals surface area contributed by atoms with Crippen LogP contribution in [0.3, 0.4) is 0 Å². The summed E-state index contributed by atoms with van der Waals surface area (Å²) < 4.78 is 0. The maximum absolute atomic E-state index is 10.6. The molecule has 0 radical (unpaired) electrons. The standard InChI is InChI=1S/C13H18O/c1-3-13(14)10(2)8-9-11-6-4-5-7-12(11)13/h4-7,10,14H,3,8-9H2,1-2H3/t10-,13+/m1/s1. The summed E-state index contributed by atoms with van der Waals surface area (Å²) in [7, 11) is 0. The Morgan fingerprint density at radius 1 is 1.43 bits per heavy atom. The smallest absolute Gasteiger partial charge is 0.0922 e. The fraction of sp³-hybridized carbons (Fsp3) is 0.538. The molecule has 0 aliphatic heterocycles. The van der Waals surface area contributed by atoms with Gasteiger partial charge < -0.3 is 5.11 Å². The topological polar surface area (TPSA) is 20.2 Å². The highest BCUT2D eigenvalue weighted by atomic mass is 16.3. The Kier molecular flexibility index (Phi) is 2.36. The molecule has 0 heterocycles. The van der Waals surface area contributed by atoms with Crippen LogP contribution in [-0.4, -0.2) is 5.11 Å². The fourth-order valence-electron chi connectivity index (χ4n) is 2.58. The van der Waals surface area contributed by atoms with E-state index in [0.717, 1.165) is 24.8 Å². The monoisotopic (exact) mass is 190 g/mol. The molecule has 2 atom stereocenters. The van der Waals surface area contributed by atoms with Gasteiger partial charge in [-0.2, -0.15) is 0 Å². The van der Waals surface area contributed by atoms with Crippen LogP contribution < -0.4 is 0 Å². The molecule has 1 nitrogen and oxygen atoms in total. The van der Waals surface area contributed by atoms with E-state index in [1.54, 1.807) is 0 Å². The number of fused-ring (bicyclic) bond motifs is 1. The Bertz CT molecular complexity index is 332. The van der Waals surface area contributed by atoms with Gasteiger partial charge in [-0.05, 0) is 36.3 Å². The molecule has 1 aliphatic rings. The Balaban J connectivity index is 2.52. The normalized spacial score (nSPS) is 31.2. The van der Waals surface area contributed by atoms with E-state index in [0.29, 0.717) is 5.92 Å². The summed E-state index contributed by atoms with van der Waals surface area (Å²) in [4.78, 5) is 0. The third-order valence-corrected chi connectivity index (χ3v) is 3.68. The molecular formula is C13H18O. The predicted octanol–water partition coefficient (Wildman–Crippen LogP) is 2.87. The van der Waals surface area contributed by atoms with Gasteiger partial charge in [-0.15, -0.1) is 0 Å². The van der Waals surface area contributed by atoms with Gasteiger partial charge in [0.05, 0.1) is 5.60 Å². The average Bonchev–Trinajstić information content (AvgIpc) is 2.24. The van der Waals surface area contributed by atoms with Gasteiger partial charge in [0.25, 0.3) is 0 Å². The second-order valence-electron chi connectivity index (χ2n) is 4.37. The largest absolute Gasteiger partial charge is 0.385 e. The van der Waals surface area contributed by atoms with Gasteiger partial charge in [0.1, 0.15) is 0 Å². The van der Waals surface area contributed by atoms with E-state index in [1.807, 2.05) is 6.07 Å². The molecular weight excluding hydrogens is 172 g/mol. The van der Waals surface area contributed by atoms with Crippen molar-refractivity contribution in [3.8, 4) is 0 Å². The minimum Gasteiger partial charge on any atom is -0.385 e. The third-order valence-electron chi connectivity index (χ3n) is 3.68. The van der Waals surface area contributed by atoms with Crippen LogP contribution in [0.15, 0.2) is 24.3 Å². The summed E-state index contributed by atoms with van der Waals surface area (Å²) in [6.07, 6.45) is 3.02. The van der Waals surface area contributed by atoms with Gasteiger partial charge in [-0.3, -0.25) is 0 Å². The SMILES string of the molecule is CC[C@@]1(O)c2ccccc2CC[C@H]1C. The molecule has 1 aromatic rings. The lowest BCUT2D eigenvalue weighted by Crippen LogP contribution is -2.37. The van der Waals surface area contributed by atoms with Crippen molar-refractivity contribution in [3.05, 3.63) is 35.4 Å². The Morgan fingerprint density at radius 3 is 2.86 bits per heavy atom. The van der Waals surface area contributed by atoms with Gasteiger partial charge in [-0.25, -0.2) is 0 Å². The molecule has 0 spiro atoms. The van der Waals surface area contributed by atoms with E-state index in [2.05, 4.69) is 32.0 Å². The molecule has 1 N–H and O–H groups in total. The van der Waals surface area contributed by atoms with E-state index in [9.17, 15) is 5.11 Å². The highest BCUT2D eigenvalue weighted by molar-refractivity contribution is 5.35. The van der Waals surface area contributed by atoms with Crippen molar-refractivity contribution in [2.24, 2.45) is 5.92 Å². The lowest BCUT2D eigenvalue weighted by molar-refractivity contribution is -0.0313. The van der Waals surface area contributed by atoms with Crippen molar-refractivity contribution in [2.45, 2.75) is 38.7 Å². The molecule has 1 heteroatoms. The Labute approximate surface area is 85.8 Å². The highest BCUT2D eigenvalue weighted by Gasteiger charge is 2.38. The third kappa shape index (κ3) is 1.27. The van der Waals surface area contributed by atoms with Crippen molar-refractivity contribution < 1.29 is 5.11 Å². The van der Waals surface area contributed by atoms with Crippen molar-refractivity contribution in [2.75, 3.05) is 0 Å². The zero-order chi connectivity index (χ0) is 10.2. The quantitative estimate of drug-likeness (QED) is 0.722. The van der Waals surface area contributed by atoms with Crippen molar-refractivity contribution >= 4 is 0 Å². The van der Waals surface area contributed by atoms with E-state index >= 15 is 0 Å². The minimum atomic E-state index is -0.588. The van der Waals surface area contributed by atoms with Gasteiger partial charge in [0.15, 0.2) is 0 Å². The van der Waals surface area contributed by atoms with Crippen LogP contribution in [0.2, 0.25) is 0 Å². The summed E-state index contributed by atoms with van der Waals surface area (Å²) in [5, 5.41) is 10.6. The van der Waals surface area contributed by atoms with E-state index in [-0.39, 0.29) is 0 Å². The first kappa shape index (κ1) is 9.72. The fourth-order valence-corrected chi connectivity index (χ4v) is 2.58. The number of aryl methyl sites for hydroxylation is 1. The number of hydrogen-bond acceptors (Lipinski definition) is 1. The van der Waals surface area contributed by atoms with Crippen molar-refractivity contribution in [1.82, 2.24) is 0 Å². The second-order valence-corrected chi connectivity index (χ2v) is 4.37. The van der Waals surface area contributed by atoms with Crippen LogP contribution in [0.5, 0.6) is 0 Å². The molecule has 1 aliphatic carbocycles. The number of hydrogen-bond donors (Lipinski definition) is 1. The number of rotatable bonds is 1. The summed E-state index contributed by atoms with van der Waals surface area (Å²) in [6, 6.07) is 8.30. The first-order valence-electron chi connectivity index (χ1n) is 5.49. The zero-order valence-electron chi connectivity index (χ0n) is 8.96. The van der Waals surface area contributed by atoms with Gasteiger partial charge >= 0.3 is 0 Å². The van der Waals surface area contributed by atoms with Gasteiger partial charge in [0.2, 0.25) is 0 Å².